The lowest BCUT2D eigenvalue weighted by molar-refractivity contribution is -0.305. The minimum Gasteiger partial charge on any atom is -0.454 e. The van der Waals surface area contributed by atoms with Gasteiger partial charge < -0.3 is 45.1 Å². The Morgan fingerprint density at radius 1 is 0.432 bits per heavy atom. The monoisotopic (exact) mass is 1250 g/mol. The van der Waals surface area contributed by atoms with Crippen LogP contribution in [0.2, 0.25) is 0 Å². The molecule has 1 fully saturated rings. The molecule has 0 aliphatic carbocycles. The summed E-state index contributed by atoms with van der Waals surface area (Å²) in [6.45, 7) is 5.86. The Bertz CT molecular complexity index is 1530. The number of amides is 1. The highest BCUT2D eigenvalue weighted by atomic mass is 16.7. The fourth-order valence-electron chi connectivity index (χ4n) is 12.5. The van der Waals surface area contributed by atoms with Crippen molar-refractivity contribution in [2.45, 2.75) is 442 Å². The normalized spacial score (nSPS) is 18.2. The zero-order chi connectivity index (χ0) is 63.9. The third-order valence-corrected chi connectivity index (χ3v) is 18.6. The van der Waals surface area contributed by atoms with Gasteiger partial charge in [0.25, 0.3) is 0 Å². The maximum Gasteiger partial charge on any atom is 0.306 e. The van der Waals surface area contributed by atoms with Crippen molar-refractivity contribution in [3.8, 4) is 0 Å². The minimum absolute atomic E-state index is 0.127. The average molecular weight is 1250 g/mol. The molecule has 1 amide bonds. The van der Waals surface area contributed by atoms with Gasteiger partial charge in [-0.1, -0.05) is 360 Å². The Labute approximate surface area is 543 Å². The molecule has 1 rings (SSSR count). The molecule has 0 radical (unpaired) electrons. The summed E-state index contributed by atoms with van der Waals surface area (Å²) in [5.74, 6) is -1.17. The van der Waals surface area contributed by atoms with Crippen LogP contribution in [-0.4, -0.2) is 99.6 Å². The summed E-state index contributed by atoms with van der Waals surface area (Å²) in [5, 5.41) is 57.4. The number of unbranched alkanes of at least 4 members (excludes halogenated alkanes) is 52. The molecular weight excluding hydrogens is 1100 g/mol. The minimum atomic E-state index is -1.61. The van der Waals surface area contributed by atoms with Crippen molar-refractivity contribution in [2.24, 2.45) is 0 Å². The maximum atomic E-state index is 13.5. The number of carbonyl (C=O) groups is 2. The molecule has 520 valence electrons. The molecule has 0 saturated carbocycles. The number of hydrogen-bond acceptors (Lipinski definition) is 10. The van der Waals surface area contributed by atoms with Crippen molar-refractivity contribution >= 4 is 11.9 Å². The standard InChI is InChI=1S/C77H147NO10/c1-4-7-10-13-16-19-22-25-27-29-31-33-34-35-36-37-39-40-42-44-46-49-52-55-58-61-64-70(81)76(85)78-68(69(80)63-60-57-54-51-48-24-21-18-15-12-9-6-3)67-86-77-75(74(84)73(83)71(66-79)87-77)88-72(82)65-62-59-56-53-50-47-45-43-41-38-32-30-28-26-23-20-17-14-11-8-5-2/h26,28,60,63,68-71,73-75,77,79-81,83-84H,4-25,27,29-59,61-62,64-67H2,1-3H3,(H,78,85)/b28-26+,63-60+. The van der Waals surface area contributed by atoms with E-state index in [1.807, 2.05) is 6.08 Å². The predicted octanol–water partition coefficient (Wildman–Crippen LogP) is 20.4. The van der Waals surface area contributed by atoms with Crippen molar-refractivity contribution < 1.29 is 49.3 Å². The highest BCUT2D eigenvalue weighted by Gasteiger charge is 2.47. The van der Waals surface area contributed by atoms with E-state index in [1.165, 1.54) is 289 Å². The number of aliphatic hydroxyl groups is 5. The smallest absolute Gasteiger partial charge is 0.306 e. The molecule has 1 aliphatic heterocycles. The number of carbonyl (C=O) groups excluding carboxylic acids is 2. The Kier molecular flexibility index (Phi) is 62.4. The van der Waals surface area contributed by atoms with Crippen LogP contribution in [0, 0.1) is 0 Å². The zero-order valence-corrected chi connectivity index (χ0v) is 58.1. The topological polar surface area (TPSA) is 175 Å². The van der Waals surface area contributed by atoms with Crippen molar-refractivity contribution in [3.05, 3.63) is 24.3 Å². The first-order valence-corrected chi connectivity index (χ1v) is 38.6. The Morgan fingerprint density at radius 3 is 1.10 bits per heavy atom. The SMILES string of the molecule is CCCCCCCC/C=C/CCCCCCCCCCCCCC(=O)OC1C(OCC(NC(=O)C(O)CCCCCCCCCCCCCCCCCCCCCCCCCCCC)C(O)/C=C/CCCCCCCCCCCC)OC(CO)C(O)C1O. The maximum absolute atomic E-state index is 13.5. The van der Waals surface area contributed by atoms with E-state index in [0.29, 0.717) is 19.3 Å². The van der Waals surface area contributed by atoms with E-state index in [9.17, 15) is 35.1 Å². The number of nitrogens with one attached hydrogen (secondary N) is 1. The lowest BCUT2D eigenvalue weighted by Crippen LogP contribution is -2.61. The third kappa shape index (κ3) is 51.6. The lowest BCUT2D eigenvalue weighted by Gasteiger charge is -2.41. The summed E-state index contributed by atoms with van der Waals surface area (Å²) < 4.78 is 17.7. The summed E-state index contributed by atoms with van der Waals surface area (Å²) >= 11 is 0. The molecule has 0 aromatic heterocycles. The number of ether oxygens (including phenoxy) is 3. The predicted molar refractivity (Wildman–Crippen MR) is 371 cm³/mol. The van der Waals surface area contributed by atoms with Gasteiger partial charge in [-0.15, -0.1) is 0 Å². The van der Waals surface area contributed by atoms with Crippen LogP contribution in [0.25, 0.3) is 0 Å². The molecule has 6 N–H and O–H groups in total. The van der Waals surface area contributed by atoms with Crippen LogP contribution in [0.1, 0.15) is 393 Å². The van der Waals surface area contributed by atoms with E-state index in [1.54, 1.807) is 6.08 Å². The number of aliphatic hydroxyl groups excluding tert-OH is 5. The van der Waals surface area contributed by atoms with Gasteiger partial charge in [0.15, 0.2) is 12.4 Å². The van der Waals surface area contributed by atoms with Gasteiger partial charge in [-0.25, -0.2) is 0 Å². The first kappa shape index (κ1) is 84.2. The number of allylic oxidation sites excluding steroid dienone is 3. The van der Waals surface area contributed by atoms with Crippen molar-refractivity contribution in [2.75, 3.05) is 13.2 Å². The van der Waals surface area contributed by atoms with Crippen LogP contribution >= 0.6 is 0 Å². The van der Waals surface area contributed by atoms with Crippen molar-refractivity contribution in [1.29, 1.82) is 0 Å². The fourth-order valence-corrected chi connectivity index (χ4v) is 12.5. The van der Waals surface area contributed by atoms with Gasteiger partial charge in [-0.2, -0.15) is 0 Å². The van der Waals surface area contributed by atoms with Gasteiger partial charge in [0, 0.05) is 6.42 Å². The molecule has 11 nitrogen and oxygen atoms in total. The second-order valence-corrected chi connectivity index (χ2v) is 27.1. The largest absolute Gasteiger partial charge is 0.454 e. The highest BCUT2D eigenvalue weighted by molar-refractivity contribution is 5.80. The van der Waals surface area contributed by atoms with Gasteiger partial charge in [-0.05, 0) is 51.4 Å². The number of hydrogen-bond donors (Lipinski definition) is 6. The van der Waals surface area contributed by atoms with Gasteiger partial charge in [-0.3, -0.25) is 9.59 Å². The van der Waals surface area contributed by atoms with Crippen molar-refractivity contribution in [1.82, 2.24) is 5.32 Å². The fraction of sp³-hybridized carbons (Fsp3) is 0.922. The molecule has 1 saturated heterocycles. The van der Waals surface area contributed by atoms with Crippen LogP contribution in [0.3, 0.4) is 0 Å². The van der Waals surface area contributed by atoms with E-state index in [4.69, 9.17) is 14.2 Å². The highest BCUT2D eigenvalue weighted by Crippen LogP contribution is 2.27. The lowest BCUT2D eigenvalue weighted by atomic mass is 9.99. The Morgan fingerprint density at radius 2 is 0.750 bits per heavy atom. The van der Waals surface area contributed by atoms with Crippen LogP contribution in [-0.2, 0) is 23.8 Å². The van der Waals surface area contributed by atoms with Crippen LogP contribution in [0.5, 0.6) is 0 Å². The van der Waals surface area contributed by atoms with Gasteiger partial charge in [0.05, 0.1) is 25.4 Å². The second kappa shape index (κ2) is 65.2. The number of rotatable bonds is 68. The first-order chi connectivity index (χ1) is 43.2. The summed E-state index contributed by atoms with van der Waals surface area (Å²) in [4.78, 5) is 26.7. The Hall–Kier alpha value is -1.86. The van der Waals surface area contributed by atoms with E-state index >= 15 is 0 Å². The van der Waals surface area contributed by atoms with Crippen molar-refractivity contribution in [3.63, 3.8) is 0 Å². The third-order valence-electron chi connectivity index (χ3n) is 18.6. The molecule has 88 heavy (non-hydrogen) atoms. The molecule has 1 heterocycles. The van der Waals surface area contributed by atoms with Crippen LogP contribution in [0.15, 0.2) is 24.3 Å². The zero-order valence-electron chi connectivity index (χ0n) is 58.1. The molecule has 8 atom stereocenters. The van der Waals surface area contributed by atoms with E-state index in [0.717, 1.165) is 57.8 Å². The van der Waals surface area contributed by atoms with Crippen LogP contribution < -0.4 is 5.32 Å². The summed E-state index contributed by atoms with van der Waals surface area (Å²) in [6.07, 6.45) is 69.5. The Balaban J connectivity index is 2.50. The van der Waals surface area contributed by atoms with Crippen LogP contribution in [0.4, 0.5) is 0 Å². The quantitative estimate of drug-likeness (QED) is 0.0195. The van der Waals surface area contributed by atoms with E-state index in [2.05, 4.69) is 38.2 Å². The molecule has 1 aliphatic rings. The molecule has 0 aromatic rings. The molecule has 8 unspecified atom stereocenters. The summed E-state index contributed by atoms with van der Waals surface area (Å²) in [6, 6.07) is -1.02. The van der Waals surface area contributed by atoms with E-state index in [-0.39, 0.29) is 13.0 Å². The van der Waals surface area contributed by atoms with E-state index < -0.39 is 67.4 Å². The summed E-state index contributed by atoms with van der Waals surface area (Å²) in [7, 11) is 0. The number of esters is 1. The van der Waals surface area contributed by atoms with Gasteiger partial charge in [0.2, 0.25) is 5.91 Å². The van der Waals surface area contributed by atoms with Gasteiger partial charge >= 0.3 is 5.97 Å². The molecule has 0 bridgehead atoms. The molecule has 0 spiro atoms. The first-order valence-electron chi connectivity index (χ1n) is 38.6. The second-order valence-electron chi connectivity index (χ2n) is 27.1. The summed E-state index contributed by atoms with van der Waals surface area (Å²) in [5.41, 5.74) is 0. The average Bonchev–Trinajstić information content (AvgIpc) is 1.36. The van der Waals surface area contributed by atoms with Gasteiger partial charge in [0.1, 0.15) is 24.4 Å². The molecule has 0 aromatic carbocycles. The molecule has 11 heteroatoms. The molecular formula is C77H147NO10.